The van der Waals surface area contributed by atoms with Gasteiger partial charge in [0, 0.05) is 12.4 Å². The van der Waals surface area contributed by atoms with E-state index in [-0.39, 0.29) is 5.78 Å². The standard InChI is InChI=1S/C13H11N3OS/c1-8-13(18-9(2)16-8)12(17)11(7-14)10-3-5-15-6-4-10/h3-6,11H,1-2H3. The molecule has 2 heterocycles. The monoisotopic (exact) mass is 257 g/mol. The summed E-state index contributed by atoms with van der Waals surface area (Å²) in [7, 11) is 0. The van der Waals surface area contributed by atoms with E-state index in [4.69, 9.17) is 0 Å². The highest BCUT2D eigenvalue weighted by atomic mass is 32.1. The number of thiazole rings is 1. The van der Waals surface area contributed by atoms with Crippen molar-refractivity contribution < 1.29 is 4.79 Å². The molecule has 4 nitrogen and oxygen atoms in total. The Kier molecular flexibility index (Phi) is 3.49. The molecule has 0 aliphatic rings. The van der Waals surface area contributed by atoms with E-state index in [9.17, 15) is 10.1 Å². The fraction of sp³-hybridized carbons (Fsp3) is 0.231. The SMILES string of the molecule is Cc1nc(C)c(C(=O)C(C#N)c2ccncc2)s1. The maximum atomic E-state index is 12.3. The molecule has 0 aliphatic heterocycles. The number of rotatable bonds is 3. The molecule has 0 aliphatic carbocycles. The first-order valence-electron chi connectivity index (χ1n) is 5.41. The molecule has 1 atom stereocenters. The van der Waals surface area contributed by atoms with Gasteiger partial charge in [-0.2, -0.15) is 5.26 Å². The number of aryl methyl sites for hydroxylation is 2. The maximum absolute atomic E-state index is 12.3. The van der Waals surface area contributed by atoms with Crippen LogP contribution in [0.5, 0.6) is 0 Å². The van der Waals surface area contributed by atoms with E-state index >= 15 is 0 Å². The van der Waals surface area contributed by atoms with Crippen molar-refractivity contribution in [2.75, 3.05) is 0 Å². The number of carbonyl (C=O) groups excluding carboxylic acids is 1. The highest BCUT2D eigenvalue weighted by Gasteiger charge is 2.25. The summed E-state index contributed by atoms with van der Waals surface area (Å²) in [5, 5.41) is 10.0. The third kappa shape index (κ3) is 2.29. The summed E-state index contributed by atoms with van der Waals surface area (Å²) in [6.07, 6.45) is 3.16. The molecule has 0 N–H and O–H groups in total. The molecule has 0 amide bonds. The Hall–Kier alpha value is -2.06. The van der Waals surface area contributed by atoms with Crippen LogP contribution < -0.4 is 0 Å². The van der Waals surface area contributed by atoms with Gasteiger partial charge in [-0.15, -0.1) is 11.3 Å². The average molecular weight is 257 g/mol. The lowest BCUT2D eigenvalue weighted by atomic mass is 9.96. The molecule has 18 heavy (non-hydrogen) atoms. The minimum atomic E-state index is -0.786. The number of pyridine rings is 1. The number of carbonyl (C=O) groups is 1. The van der Waals surface area contributed by atoms with Gasteiger partial charge in [-0.25, -0.2) is 4.98 Å². The first-order valence-corrected chi connectivity index (χ1v) is 6.23. The molecule has 2 aromatic rings. The Morgan fingerprint density at radius 3 is 2.56 bits per heavy atom. The molecule has 1 unspecified atom stereocenters. The van der Waals surface area contributed by atoms with E-state index < -0.39 is 5.92 Å². The van der Waals surface area contributed by atoms with Crippen LogP contribution in [0.25, 0.3) is 0 Å². The topological polar surface area (TPSA) is 66.6 Å². The quantitative estimate of drug-likeness (QED) is 0.793. The van der Waals surface area contributed by atoms with Gasteiger partial charge in [-0.1, -0.05) is 0 Å². The Morgan fingerprint density at radius 2 is 2.06 bits per heavy atom. The molecule has 0 fully saturated rings. The van der Waals surface area contributed by atoms with Gasteiger partial charge in [-0.3, -0.25) is 9.78 Å². The minimum Gasteiger partial charge on any atom is -0.291 e. The van der Waals surface area contributed by atoms with E-state index in [1.54, 1.807) is 31.5 Å². The second-order valence-corrected chi connectivity index (χ2v) is 5.06. The van der Waals surface area contributed by atoms with E-state index in [0.717, 1.165) is 5.01 Å². The number of nitriles is 1. The predicted molar refractivity (Wildman–Crippen MR) is 68.5 cm³/mol. The third-order valence-electron chi connectivity index (χ3n) is 2.56. The van der Waals surface area contributed by atoms with Crippen LogP contribution in [-0.4, -0.2) is 15.8 Å². The lowest BCUT2D eigenvalue weighted by Gasteiger charge is -2.06. The lowest BCUT2D eigenvalue weighted by Crippen LogP contribution is -2.11. The van der Waals surface area contributed by atoms with Crippen LogP contribution in [0.15, 0.2) is 24.5 Å². The van der Waals surface area contributed by atoms with Crippen molar-refractivity contribution in [2.24, 2.45) is 0 Å². The van der Waals surface area contributed by atoms with E-state index in [2.05, 4.69) is 16.0 Å². The summed E-state index contributed by atoms with van der Waals surface area (Å²) >= 11 is 1.33. The second-order valence-electron chi connectivity index (χ2n) is 3.85. The number of Topliss-reactive ketones (excluding diaryl/α,β-unsaturated/α-hetero) is 1. The van der Waals surface area contributed by atoms with Gasteiger partial charge in [0.1, 0.15) is 5.92 Å². The lowest BCUT2D eigenvalue weighted by molar-refractivity contribution is 0.0982. The molecule has 0 bridgehead atoms. The van der Waals surface area contributed by atoms with Crippen molar-refractivity contribution in [3.63, 3.8) is 0 Å². The largest absolute Gasteiger partial charge is 0.291 e. The first kappa shape index (κ1) is 12.4. The van der Waals surface area contributed by atoms with Crippen LogP contribution in [0.3, 0.4) is 0 Å². The highest BCUT2D eigenvalue weighted by Crippen LogP contribution is 2.25. The summed E-state index contributed by atoms with van der Waals surface area (Å²) in [6.45, 7) is 3.64. The van der Waals surface area contributed by atoms with Gasteiger partial charge in [0.15, 0.2) is 5.78 Å². The zero-order chi connectivity index (χ0) is 13.1. The Labute approximate surface area is 109 Å². The Balaban J connectivity index is 2.39. The van der Waals surface area contributed by atoms with Gasteiger partial charge in [0.25, 0.3) is 0 Å². The molecule has 0 aromatic carbocycles. The van der Waals surface area contributed by atoms with Crippen LogP contribution in [0.2, 0.25) is 0 Å². The normalized spacial score (nSPS) is 11.8. The molecular formula is C13H11N3OS. The fourth-order valence-corrected chi connectivity index (χ4v) is 2.62. The van der Waals surface area contributed by atoms with Gasteiger partial charge >= 0.3 is 0 Å². The number of hydrogen-bond donors (Lipinski definition) is 0. The number of nitrogens with zero attached hydrogens (tertiary/aromatic N) is 3. The maximum Gasteiger partial charge on any atom is 0.196 e. The van der Waals surface area contributed by atoms with E-state index in [0.29, 0.717) is 16.1 Å². The number of aromatic nitrogens is 2. The van der Waals surface area contributed by atoms with Gasteiger partial charge in [-0.05, 0) is 31.5 Å². The van der Waals surface area contributed by atoms with Gasteiger partial charge in [0.05, 0.1) is 21.6 Å². The van der Waals surface area contributed by atoms with Crippen LogP contribution in [-0.2, 0) is 0 Å². The summed E-state index contributed by atoms with van der Waals surface area (Å²) in [5.41, 5.74) is 1.36. The zero-order valence-corrected chi connectivity index (χ0v) is 10.9. The second kappa shape index (κ2) is 5.07. The molecular weight excluding hydrogens is 246 g/mol. The molecule has 5 heteroatoms. The van der Waals surface area contributed by atoms with Gasteiger partial charge in [0.2, 0.25) is 0 Å². The summed E-state index contributed by atoms with van der Waals surface area (Å²) in [4.78, 5) is 21.0. The summed E-state index contributed by atoms with van der Waals surface area (Å²) in [6, 6.07) is 5.43. The van der Waals surface area contributed by atoms with Crippen molar-refractivity contribution in [2.45, 2.75) is 19.8 Å². The van der Waals surface area contributed by atoms with Crippen molar-refractivity contribution in [1.29, 1.82) is 5.26 Å². The highest BCUT2D eigenvalue weighted by molar-refractivity contribution is 7.13. The fourth-order valence-electron chi connectivity index (χ4n) is 1.73. The molecule has 0 radical (unpaired) electrons. The summed E-state index contributed by atoms with van der Waals surface area (Å²) < 4.78 is 0. The Bertz CT molecular complexity index is 613. The smallest absolute Gasteiger partial charge is 0.196 e. The average Bonchev–Trinajstić information content (AvgIpc) is 2.70. The van der Waals surface area contributed by atoms with Crippen molar-refractivity contribution in [1.82, 2.24) is 9.97 Å². The molecule has 90 valence electrons. The molecule has 0 spiro atoms. The van der Waals surface area contributed by atoms with Crippen LogP contribution in [0.4, 0.5) is 0 Å². The minimum absolute atomic E-state index is 0.188. The van der Waals surface area contributed by atoms with Crippen LogP contribution >= 0.6 is 11.3 Å². The summed E-state index contributed by atoms with van der Waals surface area (Å²) in [5.74, 6) is -0.974. The van der Waals surface area contributed by atoms with Crippen LogP contribution in [0.1, 0.15) is 31.9 Å². The van der Waals surface area contributed by atoms with Crippen molar-refractivity contribution in [3.05, 3.63) is 45.7 Å². The molecule has 2 rings (SSSR count). The molecule has 0 saturated carbocycles. The predicted octanol–water partition coefficient (Wildman–Crippen LogP) is 2.65. The number of hydrogen-bond acceptors (Lipinski definition) is 5. The number of ketones is 1. The van der Waals surface area contributed by atoms with Crippen LogP contribution in [0, 0.1) is 25.2 Å². The van der Waals surface area contributed by atoms with E-state index in [1.165, 1.54) is 11.3 Å². The first-order chi connectivity index (χ1) is 8.63. The zero-order valence-electron chi connectivity index (χ0n) is 10.0. The Morgan fingerprint density at radius 1 is 1.39 bits per heavy atom. The molecule has 0 saturated heterocycles. The molecule has 2 aromatic heterocycles. The van der Waals surface area contributed by atoms with Gasteiger partial charge < -0.3 is 0 Å². The van der Waals surface area contributed by atoms with Crippen molar-refractivity contribution >= 4 is 17.1 Å². The third-order valence-corrected chi connectivity index (χ3v) is 3.65. The van der Waals surface area contributed by atoms with Crippen molar-refractivity contribution in [3.8, 4) is 6.07 Å². The van der Waals surface area contributed by atoms with E-state index in [1.807, 2.05) is 6.92 Å².